The van der Waals surface area contributed by atoms with Crippen molar-refractivity contribution in [1.29, 1.82) is 0 Å². The molecule has 1 aliphatic carbocycles. The first-order valence-corrected chi connectivity index (χ1v) is 8.24. The molecule has 1 aromatic carbocycles. The summed E-state index contributed by atoms with van der Waals surface area (Å²) >= 11 is 0. The highest BCUT2D eigenvalue weighted by Gasteiger charge is 2.24. The quantitative estimate of drug-likeness (QED) is 0.755. The van der Waals surface area contributed by atoms with Gasteiger partial charge in [0.15, 0.2) is 0 Å². The van der Waals surface area contributed by atoms with Crippen LogP contribution in [-0.4, -0.2) is 13.2 Å². The van der Waals surface area contributed by atoms with E-state index in [-0.39, 0.29) is 0 Å². The van der Waals surface area contributed by atoms with Crippen molar-refractivity contribution >= 4 is 0 Å². The van der Waals surface area contributed by atoms with Gasteiger partial charge >= 0.3 is 0 Å². The van der Waals surface area contributed by atoms with Gasteiger partial charge in [-0.1, -0.05) is 39.3 Å². The molecule has 1 N–H and O–H groups in total. The summed E-state index contributed by atoms with van der Waals surface area (Å²) in [6.07, 6.45) is 6.03. The molecule has 0 fully saturated rings. The molecule has 1 aliphatic rings. The van der Waals surface area contributed by atoms with Crippen molar-refractivity contribution in [3.63, 3.8) is 0 Å². The molecule has 2 unspecified atom stereocenters. The number of ether oxygens (including phenoxy) is 1. The highest BCUT2D eigenvalue weighted by molar-refractivity contribution is 5.45. The minimum absolute atomic E-state index is 0.529. The van der Waals surface area contributed by atoms with Crippen molar-refractivity contribution in [1.82, 2.24) is 5.32 Å². The average molecular weight is 275 g/mol. The first kappa shape index (κ1) is 15.4. The molecular formula is C18H29NO. The van der Waals surface area contributed by atoms with E-state index in [0.29, 0.717) is 12.0 Å². The van der Waals surface area contributed by atoms with Crippen LogP contribution in [0.4, 0.5) is 0 Å². The maximum atomic E-state index is 6.09. The summed E-state index contributed by atoms with van der Waals surface area (Å²) in [7, 11) is 0. The summed E-state index contributed by atoms with van der Waals surface area (Å²) in [5.41, 5.74) is 2.89. The number of hydrogen-bond acceptors (Lipinski definition) is 2. The van der Waals surface area contributed by atoms with Crippen molar-refractivity contribution in [3.8, 4) is 5.75 Å². The van der Waals surface area contributed by atoms with Crippen LogP contribution in [0.2, 0.25) is 0 Å². The third-order valence-electron chi connectivity index (χ3n) is 4.17. The van der Waals surface area contributed by atoms with Crippen LogP contribution in [0.25, 0.3) is 0 Å². The molecule has 2 nitrogen and oxygen atoms in total. The molecule has 0 spiro atoms. The Balaban J connectivity index is 2.00. The van der Waals surface area contributed by atoms with Gasteiger partial charge in [-0.2, -0.15) is 0 Å². The van der Waals surface area contributed by atoms with Gasteiger partial charge in [0, 0.05) is 6.04 Å². The van der Waals surface area contributed by atoms with Gasteiger partial charge in [0.05, 0.1) is 6.61 Å². The highest BCUT2D eigenvalue weighted by atomic mass is 16.5. The lowest BCUT2D eigenvalue weighted by Crippen LogP contribution is -2.19. The summed E-state index contributed by atoms with van der Waals surface area (Å²) in [4.78, 5) is 0. The molecule has 0 radical (unpaired) electrons. The van der Waals surface area contributed by atoms with E-state index in [4.69, 9.17) is 4.74 Å². The van der Waals surface area contributed by atoms with Gasteiger partial charge in [-0.05, 0) is 55.3 Å². The second kappa shape index (κ2) is 7.68. The summed E-state index contributed by atoms with van der Waals surface area (Å²) in [6.45, 7) is 8.68. The molecule has 0 bridgehead atoms. The molecule has 0 aliphatic heterocycles. The normalized spacial score (nSPS) is 18.9. The number of fused-ring (bicyclic) bond motifs is 1. The van der Waals surface area contributed by atoms with Crippen LogP contribution in [0.1, 0.15) is 63.6 Å². The first-order chi connectivity index (χ1) is 9.76. The van der Waals surface area contributed by atoms with Crippen molar-refractivity contribution < 1.29 is 4.74 Å². The zero-order valence-electron chi connectivity index (χ0n) is 13.2. The fourth-order valence-electron chi connectivity index (χ4n) is 3.09. The van der Waals surface area contributed by atoms with Crippen LogP contribution in [0.15, 0.2) is 18.2 Å². The standard InChI is InChI=1S/C18H29NO/c1-4-7-14(3)13-20-18-9-6-8-15-16(18)10-11-17(15)19-12-5-2/h6,8-9,14,17,19H,4-5,7,10-13H2,1-3H3. The Morgan fingerprint density at radius 2 is 2.15 bits per heavy atom. The molecule has 2 rings (SSSR count). The van der Waals surface area contributed by atoms with Crippen LogP contribution < -0.4 is 10.1 Å². The van der Waals surface area contributed by atoms with Gasteiger partial charge in [-0.15, -0.1) is 0 Å². The van der Waals surface area contributed by atoms with Crippen LogP contribution in [0, 0.1) is 5.92 Å². The first-order valence-electron chi connectivity index (χ1n) is 8.24. The van der Waals surface area contributed by atoms with Crippen LogP contribution in [-0.2, 0) is 6.42 Å². The molecule has 0 aromatic heterocycles. The van der Waals surface area contributed by atoms with E-state index in [1.54, 1.807) is 0 Å². The molecule has 0 heterocycles. The Morgan fingerprint density at radius 1 is 1.30 bits per heavy atom. The topological polar surface area (TPSA) is 21.3 Å². The minimum atomic E-state index is 0.529. The molecule has 0 saturated heterocycles. The van der Waals surface area contributed by atoms with Gasteiger partial charge < -0.3 is 10.1 Å². The van der Waals surface area contributed by atoms with Crippen molar-refractivity contribution in [2.45, 2.75) is 58.9 Å². The Hall–Kier alpha value is -1.02. The molecule has 2 heteroatoms. The van der Waals surface area contributed by atoms with Crippen LogP contribution >= 0.6 is 0 Å². The van der Waals surface area contributed by atoms with E-state index in [9.17, 15) is 0 Å². The largest absolute Gasteiger partial charge is 0.493 e. The van der Waals surface area contributed by atoms with Crippen molar-refractivity contribution in [2.24, 2.45) is 5.92 Å². The second-order valence-corrected chi connectivity index (χ2v) is 6.07. The van der Waals surface area contributed by atoms with Crippen LogP contribution in [0.3, 0.4) is 0 Å². The Labute approximate surface area is 123 Å². The highest BCUT2D eigenvalue weighted by Crippen LogP contribution is 2.37. The third kappa shape index (κ3) is 3.76. The van der Waals surface area contributed by atoms with Gasteiger partial charge in [0.2, 0.25) is 0 Å². The Kier molecular flexibility index (Phi) is 5.90. The number of hydrogen-bond donors (Lipinski definition) is 1. The summed E-state index contributed by atoms with van der Waals surface area (Å²) < 4.78 is 6.09. The minimum Gasteiger partial charge on any atom is -0.493 e. The van der Waals surface area contributed by atoms with Crippen molar-refractivity contribution in [3.05, 3.63) is 29.3 Å². The third-order valence-corrected chi connectivity index (χ3v) is 4.17. The lowest BCUT2D eigenvalue weighted by atomic mass is 10.1. The molecule has 20 heavy (non-hydrogen) atoms. The fourth-order valence-corrected chi connectivity index (χ4v) is 3.09. The van der Waals surface area contributed by atoms with Gasteiger partial charge in [-0.3, -0.25) is 0 Å². The maximum Gasteiger partial charge on any atom is 0.122 e. The Morgan fingerprint density at radius 3 is 2.90 bits per heavy atom. The van der Waals surface area contributed by atoms with E-state index >= 15 is 0 Å². The van der Waals surface area contributed by atoms with Crippen LogP contribution in [0.5, 0.6) is 5.75 Å². The predicted octanol–water partition coefficient (Wildman–Crippen LogP) is 4.49. The lowest BCUT2D eigenvalue weighted by molar-refractivity contribution is 0.249. The summed E-state index contributed by atoms with van der Waals surface area (Å²) in [6, 6.07) is 7.07. The number of rotatable bonds is 8. The van der Waals surface area contributed by atoms with E-state index < -0.39 is 0 Å². The van der Waals surface area contributed by atoms with E-state index in [0.717, 1.165) is 25.3 Å². The average Bonchev–Trinajstić information content (AvgIpc) is 2.87. The molecule has 0 saturated carbocycles. The zero-order valence-corrected chi connectivity index (χ0v) is 13.2. The summed E-state index contributed by atoms with van der Waals surface area (Å²) in [5, 5.41) is 3.64. The molecule has 112 valence electrons. The van der Waals surface area contributed by atoms with Gasteiger partial charge in [0.1, 0.15) is 5.75 Å². The lowest BCUT2D eigenvalue weighted by Gasteiger charge is -2.16. The van der Waals surface area contributed by atoms with E-state index in [1.165, 1.54) is 36.8 Å². The predicted molar refractivity (Wildman–Crippen MR) is 85.4 cm³/mol. The Bertz CT molecular complexity index is 416. The monoisotopic (exact) mass is 275 g/mol. The fraction of sp³-hybridized carbons (Fsp3) is 0.667. The number of nitrogens with one attached hydrogen (secondary N) is 1. The molecule has 0 amide bonds. The summed E-state index contributed by atoms with van der Waals surface area (Å²) in [5.74, 6) is 1.76. The smallest absolute Gasteiger partial charge is 0.122 e. The van der Waals surface area contributed by atoms with E-state index in [2.05, 4.69) is 44.3 Å². The second-order valence-electron chi connectivity index (χ2n) is 6.07. The molecule has 1 aromatic rings. The van der Waals surface area contributed by atoms with E-state index in [1.807, 2.05) is 0 Å². The number of benzene rings is 1. The molecular weight excluding hydrogens is 246 g/mol. The van der Waals surface area contributed by atoms with Gasteiger partial charge in [0.25, 0.3) is 0 Å². The maximum absolute atomic E-state index is 6.09. The van der Waals surface area contributed by atoms with Gasteiger partial charge in [-0.25, -0.2) is 0 Å². The zero-order chi connectivity index (χ0) is 14.4. The van der Waals surface area contributed by atoms with Crippen molar-refractivity contribution in [2.75, 3.05) is 13.2 Å². The molecule has 2 atom stereocenters. The SMILES string of the molecule is CCCNC1CCc2c(OCC(C)CCC)cccc21.